The topological polar surface area (TPSA) is 12.0 Å². The molecule has 1 N–H and O–H groups in total. The van der Waals surface area contributed by atoms with Crippen molar-refractivity contribution in [2.24, 2.45) is 0 Å². The molecular weight excluding hydrogens is 238 g/mol. The average Bonchev–Trinajstić information content (AvgIpc) is 2.19. The summed E-state index contributed by atoms with van der Waals surface area (Å²) in [5.41, 5.74) is 2.96. The lowest BCUT2D eigenvalue weighted by Crippen LogP contribution is -2.26. The molecule has 0 saturated carbocycles. The molecule has 1 aromatic carbocycles. The van der Waals surface area contributed by atoms with E-state index in [1.54, 1.807) is 0 Å². The largest absolute Gasteiger partial charge is 0.317 e. The molecule has 0 aliphatic carbocycles. The second-order valence-electron chi connectivity index (χ2n) is 4.03. The number of benzene rings is 1. The van der Waals surface area contributed by atoms with Crippen LogP contribution in [0.5, 0.6) is 0 Å². The van der Waals surface area contributed by atoms with E-state index in [0.717, 1.165) is 5.92 Å². The van der Waals surface area contributed by atoms with Gasteiger partial charge < -0.3 is 5.32 Å². The number of halogens is 1. The summed E-state index contributed by atoms with van der Waals surface area (Å²) in [7, 11) is 0. The molecule has 0 amide bonds. The van der Waals surface area contributed by atoms with Crippen LogP contribution in [-0.2, 0) is 0 Å². The molecule has 1 nitrogen and oxygen atoms in total. The van der Waals surface area contributed by atoms with Crippen molar-refractivity contribution in [3.63, 3.8) is 0 Å². The summed E-state index contributed by atoms with van der Waals surface area (Å²) >= 11 is 3.51. The maximum absolute atomic E-state index is 3.51. The van der Waals surface area contributed by atoms with Crippen molar-refractivity contribution in [2.45, 2.75) is 25.7 Å². The fraction of sp³-hybridized carbons (Fsp3) is 0.500. The van der Waals surface area contributed by atoms with Crippen LogP contribution in [-0.4, -0.2) is 13.1 Å². The third kappa shape index (κ3) is 2.18. The van der Waals surface area contributed by atoms with Crippen molar-refractivity contribution >= 4 is 15.9 Å². The molecule has 0 unspecified atom stereocenters. The summed E-state index contributed by atoms with van der Waals surface area (Å²) in [6.07, 6.45) is 2.56. The van der Waals surface area contributed by atoms with E-state index >= 15 is 0 Å². The zero-order valence-electron chi connectivity index (χ0n) is 8.52. The highest BCUT2D eigenvalue weighted by Crippen LogP contribution is 2.29. The quantitative estimate of drug-likeness (QED) is 0.811. The Kier molecular flexibility index (Phi) is 3.24. The Morgan fingerprint density at radius 3 is 2.64 bits per heavy atom. The van der Waals surface area contributed by atoms with E-state index in [1.165, 1.54) is 41.5 Å². The molecule has 1 aromatic rings. The van der Waals surface area contributed by atoms with Gasteiger partial charge >= 0.3 is 0 Å². The monoisotopic (exact) mass is 253 g/mol. The normalized spacial score (nSPS) is 18.4. The van der Waals surface area contributed by atoms with Gasteiger partial charge in [0.05, 0.1) is 0 Å². The minimum absolute atomic E-state index is 0.768. The van der Waals surface area contributed by atoms with Crippen LogP contribution in [0.15, 0.2) is 22.7 Å². The minimum atomic E-state index is 0.768. The van der Waals surface area contributed by atoms with Crippen LogP contribution < -0.4 is 5.32 Å². The van der Waals surface area contributed by atoms with Gasteiger partial charge in [0, 0.05) is 4.47 Å². The van der Waals surface area contributed by atoms with E-state index in [1.807, 2.05) is 0 Å². The molecule has 0 spiro atoms. The molecule has 14 heavy (non-hydrogen) atoms. The van der Waals surface area contributed by atoms with Crippen molar-refractivity contribution in [2.75, 3.05) is 13.1 Å². The van der Waals surface area contributed by atoms with Crippen LogP contribution in [0.25, 0.3) is 0 Å². The summed E-state index contributed by atoms with van der Waals surface area (Å²) in [6.45, 7) is 4.54. The van der Waals surface area contributed by atoms with Gasteiger partial charge in [0.2, 0.25) is 0 Å². The van der Waals surface area contributed by atoms with Crippen molar-refractivity contribution in [3.8, 4) is 0 Å². The van der Waals surface area contributed by atoms with Crippen molar-refractivity contribution in [1.29, 1.82) is 0 Å². The smallest absolute Gasteiger partial charge is 0.0178 e. The van der Waals surface area contributed by atoms with Gasteiger partial charge in [-0.15, -0.1) is 0 Å². The Bertz CT molecular complexity index is 316. The second kappa shape index (κ2) is 4.45. The van der Waals surface area contributed by atoms with E-state index in [9.17, 15) is 0 Å². The SMILES string of the molecule is Cc1cc(Br)ccc1C1CCNCC1. The zero-order chi connectivity index (χ0) is 9.97. The Hall–Kier alpha value is -0.340. The number of hydrogen-bond donors (Lipinski definition) is 1. The van der Waals surface area contributed by atoms with Gasteiger partial charge in [-0.25, -0.2) is 0 Å². The highest BCUT2D eigenvalue weighted by molar-refractivity contribution is 9.10. The molecule has 1 fully saturated rings. The number of rotatable bonds is 1. The fourth-order valence-electron chi connectivity index (χ4n) is 2.23. The van der Waals surface area contributed by atoms with Gasteiger partial charge in [0.25, 0.3) is 0 Å². The van der Waals surface area contributed by atoms with Crippen molar-refractivity contribution in [3.05, 3.63) is 33.8 Å². The Balaban J connectivity index is 2.22. The molecule has 0 radical (unpaired) electrons. The maximum Gasteiger partial charge on any atom is 0.0178 e. The fourth-order valence-corrected chi connectivity index (χ4v) is 2.71. The first kappa shape index (κ1) is 10.2. The van der Waals surface area contributed by atoms with E-state index in [4.69, 9.17) is 0 Å². The number of nitrogens with one attached hydrogen (secondary N) is 1. The van der Waals surface area contributed by atoms with Crippen LogP contribution in [0.3, 0.4) is 0 Å². The molecule has 2 rings (SSSR count). The minimum Gasteiger partial charge on any atom is -0.317 e. The van der Waals surface area contributed by atoms with Gasteiger partial charge in [-0.3, -0.25) is 0 Å². The summed E-state index contributed by atoms with van der Waals surface area (Å²) in [5, 5.41) is 3.41. The molecule has 1 saturated heterocycles. The molecule has 76 valence electrons. The lowest BCUT2D eigenvalue weighted by atomic mass is 9.88. The lowest BCUT2D eigenvalue weighted by Gasteiger charge is -2.24. The van der Waals surface area contributed by atoms with Crippen molar-refractivity contribution in [1.82, 2.24) is 5.32 Å². The Morgan fingerprint density at radius 2 is 2.00 bits per heavy atom. The van der Waals surface area contributed by atoms with Gasteiger partial charge in [0.15, 0.2) is 0 Å². The van der Waals surface area contributed by atoms with Gasteiger partial charge in [-0.2, -0.15) is 0 Å². The number of aryl methyl sites for hydroxylation is 1. The average molecular weight is 254 g/mol. The summed E-state index contributed by atoms with van der Waals surface area (Å²) < 4.78 is 1.19. The molecule has 2 heteroatoms. The second-order valence-corrected chi connectivity index (χ2v) is 4.94. The van der Waals surface area contributed by atoms with Gasteiger partial charge in [-0.1, -0.05) is 22.0 Å². The van der Waals surface area contributed by atoms with Gasteiger partial charge in [-0.05, 0) is 62.0 Å². The molecular formula is C12H16BrN. The van der Waals surface area contributed by atoms with E-state index in [0.29, 0.717) is 0 Å². The first-order valence-corrected chi connectivity index (χ1v) is 6.03. The number of piperidine rings is 1. The lowest BCUT2D eigenvalue weighted by molar-refractivity contribution is 0.459. The zero-order valence-corrected chi connectivity index (χ0v) is 10.1. The molecule has 0 aromatic heterocycles. The predicted octanol–water partition coefficient (Wildman–Crippen LogP) is 3.22. The molecule has 1 aliphatic heterocycles. The molecule has 1 heterocycles. The van der Waals surface area contributed by atoms with E-state index < -0.39 is 0 Å². The van der Waals surface area contributed by atoms with Crippen LogP contribution in [0.4, 0.5) is 0 Å². The Morgan fingerprint density at radius 1 is 1.29 bits per heavy atom. The summed E-state index contributed by atoms with van der Waals surface area (Å²) in [4.78, 5) is 0. The van der Waals surface area contributed by atoms with Crippen molar-refractivity contribution < 1.29 is 0 Å². The van der Waals surface area contributed by atoms with Crippen LogP contribution in [0.2, 0.25) is 0 Å². The molecule has 0 bridgehead atoms. The number of hydrogen-bond acceptors (Lipinski definition) is 1. The first-order valence-electron chi connectivity index (χ1n) is 5.24. The van der Waals surface area contributed by atoms with Crippen LogP contribution >= 0.6 is 15.9 Å². The standard InChI is InChI=1S/C12H16BrN/c1-9-8-11(13)2-3-12(9)10-4-6-14-7-5-10/h2-3,8,10,14H,4-7H2,1H3. The summed E-state index contributed by atoms with van der Waals surface area (Å²) in [5.74, 6) is 0.768. The molecule has 0 atom stereocenters. The predicted molar refractivity (Wildman–Crippen MR) is 63.7 cm³/mol. The highest BCUT2D eigenvalue weighted by atomic mass is 79.9. The third-order valence-corrected chi connectivity index (χ3v) is 3.50. The van der Waals surface area contributed by atoms with E-state index in [-0.39, 0.29) is 0 Å². The van der Waals surface area contributed by atoms with Crippen LogP contribution in [0.1, 0.15) is 29.9 Å². The Labute approximate surface area is 94.0 Å². The van der Waals surface area contributed by atoms with E-state index in [2.05, 4.69) is 46.4 Å². The summed E-state index contributed by atoms with van der Waals surface area (Å²) in [6, 6.07) is 6.65. The first-order chi connectivity index (χ1) is 6.77. The molecule has 1 aliphatic rings. The highest BCUT2D eigenvalue weighted by Gasteiger charge is 2.16. The van der Waals surface area contributed by atoms with Gasteiger partial charge in [0.1, 0.15) is 0 Å². The third-order valence-electron chi connectivity index (χ3n) is 3.01. The van der Waals surface area contributed by atoms with Crippen LogP contribution in [0, 0.1) is 6.92 Å². The maximum atomic E-state index is 3.51.